The zero-order valence-corrected chi connectivity index (χ0v) is 12.3. The zero-order chi connectivity index (χ0) is 11.0. The summed E-state index contributed by atoms with van der Waals surface area (Å²) < 4.78 is 1.78. The van der Waals surface area contributed by atoms with Gasteiger partial charge in [-0.15, -0.1) is 11.3 Å². The van der Waals surface area contributed by atoms with E-state index in [0.29, 0.717) is 11.0 Å². The Morgan fingerprint density at radius 2 is 2.07 bits per heavy atom. The Balaban J connectivity index is 2.55. The van der Waals surface area contributed by atoms with E-state index in [-0.39, 0.29) is 0 Å². The summed E-state index contributed by atoms with van der Waals surface area (Å²) in [6.45, 7) is 1.89. The zero-order valence-electron chi connectivity index (χ0n) is 7.59. The predicted octanol–water partition coefficient (Wildman–Crippen LogP) is 4.69. The lowest BCUT2D eigenvalue weighted by molar-refractivity contribution is 1.10. The molecule has 2 aromatic heterocycles. The maximum atomic E-state index is 5.97. The highest BCUT2D eigenvalue weighted by atomic mass is 79.9. The summed E-state index contributed by atoms with van der Waals surface area (Å²) in [7, 11) is 0. The van der Waals surface area contributed by atoms with Crippen molar-refractivity contribution in [2.75, 3.05) is 0 Å². The van der Waals surface area contributed by atoms with E-state index < -0.39 is 0 Å². The normalized spacial score (nSPS) is 10.7. The van der Waals surface area contributed by atoms with Crippen molar-refractivity contribution in [1.82, 2.24) is 9.97 Å². The number of hydrogen-bond donors (Lipinski definition) is 0. The fraction of sp³-hybridized carbons (Fsp3) is 0.111. The van der Waals surface area contributed by atoms with Crippen molar-refractivity contribution < 1.29 is 0 Å². The van der Waals surface area contributed by atoms with Gasteiger partial charge < -0.3 is 0 Å². The first-order chi connectivity index (χ1) is 7.08. The van der Waals surface area contributed by atoms with Gasteiger partial charge in [0.15, 0.2) is 5.82 Å². The van der Waals surface area contributed by atoms with E-state index in [4.69, 9.17) is 11.6 Å². The summed E-state index contributed by atoms with van der Waals surface area (Å²) in [6, 6.07) is 1.98. The third-order valence-corrected chi connectivity index (χ3v) is 4.90. The number of thiophene rings is 1. The number of aromatic nitrogens is 2. The topological polar surface area (TPSA) is 25.8 Å². The van der Waals surface area contributed by atoms with Crippen LogP contribution < -0.4 is 0 Å². The molecule has 15 heavy (non-hydrogen) atoms. The summed E-state index contributed by atoms with van der Waals surface area (Å²) >= 11 is 14.3. The first-order valence-electron chi connectivity index (χ1n) is 4.02. The Bertz CT molecular complexity index is 490. The largest absolute Gasteiger partial charge is 0.231 e. The highest BCUT2D eigenvalue weighted by Gasteiger charge is 2.10. The Morgan fingerprint density at radius 3 is 2.60 bits per heavy atom. The Hall–Kier alpha value is 0.0300. The maximum Gasteiger partial charge on any atom is 0.171 e. The fourth-order valence-electron chi connectivity index (χ4n) is 1.06. The van der Waals surface area contributed by atoms with Gasteiger partial charge in [-0.1, -0.05) is 11.6 Å². The minimum atomic E-state index is 0.446. The van der Waals surface area contributed by atoms with Crippen LogP contribution in [0.4, 0.5) is 0 Å². The van der Waals surface area contributed by atoms with Crippen molar-refractivity contribution in [2.24, 2.45) is 0 Å². The Morgan fingerprint density at radius 1 is 1.33 bits per heavy atom. The molecule has 0 unspecified atom stereocenters. The molecule has 2 heterocycles. The van der Waals surface area contributed by atoms with E-state index in [1.165, 1.54) is 0 Å². The van der Waals surface area contributed by atoms with E-state index in [2.05, 4.69) is 41.8 Å². The minimum absolute atomic E-state index is 0.446. The van der Waals surface area contributed by atoms with E-state index >= 15 is 0 Å². The van der Waals surface area contributed by atoms with Gasteiger partial charge in [-0.05, 0) is 44.8 Å². The number of halogens is 3. The molecule has 6 heteroatoms. The van der Waals surface area contributed by atoms with Crippen LogP contribution in [-0.2, 0) is 0 Å². The third-order valence-electron chi connectivity index (χ3n) is 1.76. The molecule has 0 fully saturated rings. The molecular formula is C9H5Br2ClN2S. The average molecular weight is 368 g/mol. The van der Waals surface area contributed by atoms with Crippen molar-refractivity contribution in [2.45, 2.75) is 6.92 Å². The van der Waals surface area contributed by atoms with Gasteiger partial charge in [-0.3, -0.25) is 0 Å². The minimum Gasteiger partial charge on any atom is -0.231 e. The van der Waals surface area contributed by atoms with E-state index in [9.17, 15) is 0 Å². The second kappa shape index (κ2) is 4.49. The molecule has 0 aliphatic heterocycles. The first kappa shape index (κ1) is 11.5. The molecule has 2 rings (SSSR count). The molecule has 0 saturated carbocycles. The smallest absolute Gasteiger partial charge is 0.171 e. The molecule has 0 aromatic carbocycles. The van der Waals surface area contributed by atoms with Crippen LogP contribution in [-0.4, -0.2) is 9.97 Å². The molecule has 0 aliphatic rings. The molecule has 0 bridgehead atoms. The van der Waals surface area contributed by atoms with Crippen LogP contribution in [0.5, 0.6) is 0 Å². The maximum absolute atomic E-state index is 5.97. The van der Waals surface area contributed by atoms with Gasteiger partial charge in [0.2, 0.25) is 0 Å². The van der Waals surface area contributed by atoms with Crippen LogP contribution in [0.1, 0.15) is 5.69 Å². The van der Waals surface area contributed by atoms with Crippen LogP contribution in [0, 0.1) is 6.92 Å². The Labute approximate surface area is 113 Å². The van der Waals surface area contributed by atoms with Gasteiger partial charge in [-0.2, -0.15) is 0 Å². The van der Waals surface area contributed by atoms with E-state index in [1.807, 2.05) is 18.4 Å². The lowest BCUT2D eigenvalue weighted by Gasteiger charge is -2.02. The molecule has 0 saturated heterocycles. The lowest BCUT2D eigenvalue weighted by Crippen LogP contribution is -1.92. The van der Waals surface area contributed by atoms with Crippen LogP contribution >= 0.6 is 54.8 Å². The summed E-state index contributed by atoms with van der Waals surface area (Å²) in [6.07, 6.45) is 0. The third kappa shape index (κ3) is 2.41. The number of nitrogens with zero attached hydrogens (tertiary/aromatic N) is 2. The van der Waals surface area contributed by atoms with Gasteiger partial charge >= 0.3 is 0 Å². The van der Waals surface area contributed by atoms with Gasteiger partial charge in [0.25, 0.3) is 0 Å². The molecule has 0 amide bonds. The first-order valence-corrected chi connectivity index (χ1v) is 6.86. The van der Waals surface area contributed by atoms with Crippen molar-refractivity contribution in [1.29, 1.82) is 0 Å². The number of hydrogen-bond acceptors (Lipinski definition) is 3. The van der Waals surface area contributed by atoms with E-state index in [0.717, 1.165) is 19.5 Å². The summed E-state index contributed by atoms with van der Waals surface area (Å²) in [5.74, 6) is 0.663. The lowest BCUT2D eigenvalue weighted by atomic mass is 10.4. The van der Waals surface area contributed by atoms with E-state index in [1.54, 1.807) is 11.3 Å². The van der Waals surface area contributed by atoms with Crippen molar-refractivity contribution in [3.05, 3.63) is 31.2 Å². The summed E-state index contributed by atoms with van der Waals surface area (Å²) in [5.41, 5.74) is 0.842. The van der Waals surface area contributed by atoms with Crippen LogP contribution in [0.3, 0.4) is 0 Å². The van der Waals surface area contributed by atoms with Gasteiger partial charge in [0, 0.05) is 9.85 Å². The second-order valence-electron chi connectivity index (χ2n) is 2.87. The van der Waals surface area contributed by atoms with Crippen molar-refractivity contribution >= 4 is 54.8 Å². The quantitative estimate of drug-likeness (QED) is 0.683. The molecule has 0 radical (unpaired) electrons. The molecule has 0 N–H and O–H groups in total. The van der Waals surface area contributed by atoms with Crippen molar-refractivity contribution in [3.8, 4) is 10.7 Å². The average Bonchev–Trinajstić information content (AvgIpc) is 2.60. The fourth-order valence-corrected chi connectivity index (χ4v) is 2.82. The number of rotatable bonds is 1. The molecule has 0 aliphatic carbocycles. The van der Waals surface area contributed by atoms with Gasteiger partial charge in [0.05, 0.1) is 15.0 Å². The SMILES string of the molecule is Cc1nc(-c2cc(Br)cs2)nc(Cl)c1Br. The molecule has 2 nitrogen and oxygen atoms in total. The monoisotopic (exact) mass is 366 g/mol. The molecular weight excluding hydrogens is 363 g/mol. The van der Waals surface area contributed by atoms with Crippen LogP contribution in [0.25, 0.3) is 10.7 Å². The molecule has 2 aromatic rings. The summed E-state index contributed by atoms with van der Waals surface area (Å²) in [4.78, 5) is 9.58. The Kier molecular flexibility index (Phi) is 3.45. The predicted molar refractivity (Wildman–Crippen MR) is 70.5 cm³/mol. The molecule has 0 atom stereocenters. The van der Waals surface area contributed by atoms with Crippen LogP contribution in [0.2, 0.25) is 5.15 Å². The molecule has 78 valence electrons. The van der Waals surface area contributed by atoms with Gasteiger partial charge in [0.1, 0.15) is 5.15 Å². The number of aryl methyl sites for hydroxylation is 1. The van der Waals surface area contributed by atoms with Crippen LogP contribution in [0.15, 0.2) is 20.4 Å². The summed E-state index contributed by atoms with van der Waals surface area (Å²) in [5, 5.41) is 2.44. The van der Waals surface area contributed by atoms with Gasteiger partial charge in [-0.25, -0.2) is 9.97 Å². The standard InChI is InChI=1S/C9H5Br2ClN2S/c1-4-7(11)8(12)14-9(13-4)6-2-5(10)3-15-6/h2-3H,1H3. The molecule has 0 spiro atoms. The highest BCUT2D eigenvalue weighted by molar-refractivity contribution is 9.10. The highest BCUT2D eigenvalue weighted by Crippen LogP contribution is 2.31. The van der Waals surface area contributed by atoms with Crippen molar-refractivity contribution in [3.63, 3.8) is 0 Å². The second-order valence-corrected chi connectivity index (χ2v) is 5.84.